The Bertz CT molecular complexity index is 163. The highest BCUT2D eigenvalue weighted by Gasteiger charge is 2.07. The van der Waals surface area contributed by atoms with Crippen LogP contribution in [0.1, 0.15) is 40.5 Å². The molecule has 0 saturated carbocycles. The summed E-state index contributed by atoms with van der Waals surface area (Å²) in [6.45, 7) is 8.18. The van der Waals surface area contributed by atoms with Crippen molar-refractivity contribution < 1.29 is 10.0 Å². The molecule has 0 aromatic heterocycles. The predicted octanol–water partition coefficient (Wildman–Crippen LogP) is 2.79. The summed E-state index contributed by atoms with van der Waals surface area (Å²) >= 11 is 0. The zero-order chi connectivity index (χ0) is 11.4. The van der Waals surface area contributed by atoms with Crippen LogP contribution in [0.25, 0.3) is 0 Å². The fourth-order valence-corrected chi connectivity index (χ4v) is 0.797. The molecule has 0 atom stereocenters. The summed E-state index contributed by atoms with van der Waals surface area (Å²) in [5.74, 6) is 0. The van der Waals surface area contributed by atoms with E-state index in [0.29, 0.717) is 6.32 Å². The topological polar surface area (TPSA) is 40.5 Å². The van der Waals surface area contributed by atoms with Crippen molar-refractivity contribution in [3.8, 4) is 0 Å². The fraction of sp³-hybridized carbons (Fsp3) is 0.636. The second-order valence-electron chi connectivity index (χ2n) is 3.10. The van der Waals surface area contributed by atoms with Gasteiger partial charge in [0.05, 0.1) is 0 Å². The molecule has 0 fully saturated rings. The molecular weight excluding hydrogens is 175 g/mol. The minimum atomic E-state index is -1.22. The first-order valence-corrected chi connectivity index (χ1v) is 5.29. The molecule has 0 aliphatic carbocycles. The van der Waals surface area contributed by atoms with Crippen LogP contribution >= 0.6 is 0 Å². The van der Waals surface area contributed by atoms with Crippen molar-refractivity contribution in [3.05, 3.63) is 23.8 Å². The normalized spacial score (nSPS) is 11.1. The van der Waals surface area contributed by atoms with E-state index >= 15 is 0 Å². The Kier molecular flexibility index (Phi) is 14.2. The average Bonchev–Trinajstić information content (AvgIpc) is 2.13. The zero-order valence-corrected chi connectivity index (χ0v) is 9.83. The molecule has 0 aromatic rings. The first-order chi connectivity index (χ1) is 6.62. The van der Waals surface area contributed by atoms with Crippen LogP contribution in [0, 0.1) is 0 Å². The van der Waals surface area contributed by atoms with E-state index < -0.39 is 7.12 Å². The summed E-state index contributed by atoms with van der Waals surface area (Å²) in [6.07, 6.45) is 8.20. The lowest BCUT2D eigenvalue weighted by Crippen LogP contribution is -2.10. The van der Waals surface area contributed by atoms with Crippen LogP contribution in [-0.4, -0.2) is 17.2 Å². The van der Waals surface area contributed by atoms with E-state index in [-0.39, 0.29) is 0 Å². The van der Waals surface area contributed by atoms with Crippen LogP contribution in [-0.2, 0) is 0 Å². The third kappa shape index (κ3) is 14.0. The van der Waals surface area contributed by atoms with E-state index in [1.165, 1.54) is 6.42 Å². The fourth-order valence-electron chi connectivity index (χ4n) is 0.797. The molecule has 14 heavy (non-hydrogen) atoms. The maximum Gasteiger partial charge on any atom is 0.455 e. The van der Waals surface area contributed by atoms with Crippen molar-refractivity contribution in [1.29, 1.82) is 0 Å². The van der Waals surface area contributed by atoms with Gasteiger partial charge in [0.2, 0.25) is 0 Å². The third-order valence-electron chi connectivity index (χ3n) is 1.42. The van der Waals surface area contributed by atoms with Crippen LogP contribution in [0.3, 0.4) is 0 Å². The summed E-state index contributed by atoms with van der Waals surface area (Å²) in [7, 11) is -1.22. The maximum absolute atomic E-state index is 8.64. The van der Waals surface area contributed by atoms with Gasteiger partial charge in [-0.15, -0.1) is 0 Å². The first kappa shape index (κ1) is 15.9. The Morgan fingerprint density at radius 3 is 2.00 bits per heavy atom. The van der Waals surface area contributed by atoms with Gasteiger partial charge in [-0.3, -0.25) is 0 Å². The van der Waals surface area contributed by atoms with Crippen LogP contribution in [0.2, 0.25) is 6.32 Å². The largest absolute Gasteiger partial charge is 0.455 e. The molecule has 0 aliphatic heterocycles. The van der Waals surface area contributed by atoms with Crippen LogP contribution in [0.15, 0.2) is 23.8 Å². The van der Waals surface area contributed by atoms with Crippen LogP contribution < -0.4 is 0 Å². The van der Waals surface area contributed by atoms with Crippen molar-refractivity contribution in [2.24, 2.45) is 0 Å². The van der Waals surface area contributed by atoms with Crippen molar-refractivity contribution >= 4 is 7.12 Å². The molecule has 0 heterocycles. The molecule has 0 aromatic carbocycles. The van der Waals surface area contributed by atoms with Gasteiger partial charge in [-0.2, -0.15) is 0 Å². The lowest BCUT2D eigenvalue weighted by atomic mass is 9.81. The average molecular weight is 198 g/mol. The minimum absolute atomic E-state index is 0.348. The summed E-state index contributed by atoms with van der Waals surface area (Å²) in [4.78, 5) is 0. The molecule has 0 radical (unpaired) electrons. The second-order valence-corrected chi connectivity index (χ2v) is 3.10. The van der Waals surface area contributed by atoms with Crippen molar-refractivity contribution in [2.75, 3.05) is 0 Å². The summed E-state index contributed by atoms with van der Waals surface area (Å²) in [6, 6.07) is 0. The van der Waals surface area contributed by atoms with Gasteiger partial charge in [-0.25, -0.2) is 0 Å². The van der Waals surface area contributed by atoms with Gasteiger partial charge in [0.1, 0.15) is 0 Å². The molecular formula is C11H23BO2. The van der Waals surface area contributed by atoms with E-state index in [4.69, 9.17) is 10.0 Å². The molecule has 0 spiro atoms. The van der Waals surface area contributed by atoms with Crippen LogP contribution in [0.5, 0.6) is 0 Å². The van der Waals surface area contributed by atoms with Gasteiger partial charge in [-0.1, -0.05) is 51.0 Å². The predicted molar refractivity (Wildman–Crippen MR) is 64.2 cm³/mol. The van der Waals surface area contributed by atoms with Crippen LogP contribution in [0.4, 0.5) is 0 Å². The highest BCUT2D eigenvalue weighted by molar-refractivity contribution is 6.41. The molecule has 3 heteroatoms. The van der Waals surface area contributed by atoms with E-state index in [0.717, 1.165) is 12.0 Å². The lowest BCUT2D eigenvalue weighted by Gasteiger charge is -2.00. The number of allylic oxidation sites excluding steroid dienone is 4. The van der Waals surface area contributed by atoms with E-state index in [1.807, 2.05) is 32.1 Å². The minimum Gasteiger partial charge on any atom is -0.427 e. The quantitative estimate of drug-likeness (QED) is 0.538. The van der Waals surface area contributed by atoms with Gasteiger partial charge in [0.15, 0.2) is 0 Å². The van der Waals surface area contributed by atoms with Gasteiger partial charge in [0.25, 0.3) is 0 Å². The molecule has 2 N–H and O–H groups in total. The number of rotatable bonds is 4. The Morgan fingerprint density at radius 1 is 1.21 bits per heavy atom. The molecule has 0 saturated heterocycles. The molecule has 0 unspecified atom stereocenters. The third-order valence-corrected chi connectivity index (χ3v) is 1.42. The first-order valence-electron chi connectivity index (χ1n) is 5.29. The van der Waals surface area contributed by atoms with Crippen molar-refractivity contribution in [1.82, 2.24) is 0 Å². The zero-order valence-electron chi connectivity index (χ0n) is 9.83. The summed E-state index contributed by atoms with van der Waals surface area (Å²) in [5, 5.41) is 17.3. The van der Waals surface area contributed by atoms with Gasteiger partial charge in [0, 0.05) is 6.32 Å². The Balaban J connectivity index is 0. The van der Waals surface area contributed by atoms with E-state index in [9.17, 15) is 0 Å². The molecule has 0 rings (SSSR count). The number of hydrogen-bond donors (Lipinski definition) is 2. The molecule has 2 nitrogen and oxygen atoms in total. The second kappa shape index (κ2) is 12.5. The van der Waals surface area contributed by atoms with E-state index in [2.05, 4.69) is 13.8 Å². The molecule has 0 bridgehead atoms. The molecule has 82 valence electrons. The van der Waals surface area contributed by atoms with Gasteiger partial charge in [-0.05, 0) is 13.3 Å². The summed E-state index contributed by atoms with van der Waals surface area (Å²) < 4.78 is 0. The SMILES string of the molecule is C/C=C\C=C(\CC)CB(O)O.CCC. The number of hydrogen-bond acceptors (Lipinski definition) is 2. The lowest BCUT2D eigenvalue weighted by molar-refractivity contribution is 0.409. The van der Waals surface area contributed by atoms with Crippen molar-refractivity contribution in [3.63, 3.8) is 0 Å². The van der Waals surface area contributed by atoms with E-state index in [1.54, 1.807) is 0 Å². The van der Waals surface area contributed by atoms with Gasteiger partial charge >= 0.3 is 7.12 Å². The monoisotopic (exact) mass is 198 g/mol. The Morgan fingerprint density at radius 2 is 1.71 bits per heavy atom. The smallest absolute Gasteiger partial charge is 0.427 e. The Hall–Kier alpha value is -0.535. The summed E-state index contributed by atoms with van der Waals surface area (Å²) in [5.41, 5.74) is 1.05. The molecule has 0 aliphatic rings. The molecule has 0 amide bonds. The highest BCUT2D eigenvalue weighted by atomic mass is 16.4. The maximum atomic E-state index is 8.64. The Labute approximate surface area is 88.5 Å². The highest BCUT2D eigenvalue weighted by Crippen LogP contribution is 2.08. The van der Waals surface area contributed by atoms with Crippen molar-refractivity contribution in [2.45, 2.75) is 46.9 Å². The standard InChI is InChI=1S/C8H15BO2.C3H8/c1-3-5-6-8(4-2)7-9(10)11;1-3-2/h3,5-6,10-11H,4,7H2,1-2H3;3H2,1-2H3/b5-3-,8-6-;. The van der Waals surface area contributed by atoms with Gasteiger partial charge < -0.3 is 10.0 Å².